The van der Waals surface area contributed by atoms with E-state index in [-0.39, 0.29) is 5.69 Å². The lowest BCUT2D eigenvalue weighted by atomic mass is 10.1. The van der Waals surface area contributed by atoms with Crippen molar-refractivity contribution in [2.45, 2.75) is 36.8 Å². The number of hydrogen-bond donors (Lipinski definition) is 1. The lowest BCUT2D eigenvalue weighted by Crippen LogP contribution is -2.14. The van der Waals surface area contributed by atoms with Crippen LogP contribution in [0, 0.1) is 29.3 Å². The van der Waals surface area contributed by atoms with Gasteiger partial charge in [0.15, 0.2) is 17.5 Å². The number of benzene rings is 2. The molecule has 2 aromatic carbocycles. The Morgan fingerprint density at radius 3 is 2.26 bits per heavy atom. The third kappa shape index (κ3) is 4.43. The molecule has 144 valence electrons. The molecule has 2 unspecified atom stereocenters. The van der Waals surface area contributed by atoms with Crippen LogP contribution in [0.3, 0.4) is 0 Å². The Hall–Kier alpha value is -1.66. The first-order valence-electron chi connectivity index (χ1n) is 8.68. The largest absolute Gasteiger partial charge is 0.322 e. The SMILES string of the molecule is CC1CCC(C)C1Sc1cc(C(=O)Nc2cc(F)c(F)c(F)c2)ccc1Cl. The second-order valence-corrected chi connectivity index (χ2v) is 8.59. The predicted molar refractivity (Wildman–Crippen MR) is 103 cm³/mol. The maximum Gasteiger partial charge on any atom is 0.255 e. The maximum absolute atomic E-state index is 13.3. The second kappa shape index (κ2) is 8.15. The highest BCUT2D eigenvalue weighted by Gasteiger charge is 2.31. The summed E-state index contributed by atoms with van der Waals surface area (Å²) in [6.07, 6.45) is 2.33. The van der Waals surface area contributed by atoms with Crippen molar-refractivity contribution in [2.24, 2.45) is 11.8 Å². The van der Waals surface area contributed by atoms with Crippen molar-refractivity contribution in [2.75, 3.05) is 5.32 Å². The normalized spacial score (nSPS) is 22.1. The molecular formula is C20H19ClF3NOS. The van der Waals surface area contributed by atoms with Crippen molar-refractivity contribution in [1.82, 2.24) is 0 Å². The van der Waals surface area contributed by atoms with Crippen LogP contribution < -0.4 is 5.32 Å². The lowest BCUT2D eigenvalue weighted by Gasteiger charge is -2.20. The number of carbonyl (C=O) groups is 1. The molecule has 2 aromatic rings. The van der Waals surface area contributed by atoms with Crippen molar-refractivity contribution < 1.29 is 18.0 Å². The van der Waals surface area contributed by atoms with Crippen LogP contribution in [0.2, 0.25) is 5.02 Å². The summed E-state index contributed by atoms with van der Waals surface area (Å²) in [5.41, 5.74) is 0.156. The Bertz CT molecular complexity index is 843. The summed E-state index contributed by atoms with van der Waals surface area (Å²) in [4.78, 5) is 13.2. The molecule has 1 fully saturated rings. The van der Waals surface area contributed by atoms with Gasteiger partial charge in [-0.25, -0.2) is 13.2 Å². The van der Waals surface area contributed by atoms with E-state index < -0.39 is 23.4 Å². The van der Waals surface area contributed by atoms with Crippen LogP contribution in [0.15, 0.2) is 35.2 Å². The number of rotatable bonds is 4. The zero-order valence-corrected chi connectivity index (χ0v) is 16.4. The van der Waals surface area contributed by atoms with E-state index in [4.69, 9.17) is 11.6 Å². The molecule has 0 saturated heterocycles. The van der Waals surface area contributed by atoms with Gasteiger partial charge >= 0.3 is 0 Å². The summed E-state index contributed by atoms with van der Waals surface area (Å²) in [7, 11) is 0. The zero-order chi connectivity index (χ0) is 19.7. The average molecular weight is 414 g/mol. The molecule has 0 spiro atoms. The van der Waals surface area contributed by atoms with E-state index in [1.165, 1.54) is 12.8 Å². The molecule has 0 aromatic heterocycles. The van der Waals surface area contributed by atoms with E-state index in [1.54, 1.807) is 30.0 Å². The molecule has 1 aliphatic rings. The van der Waals surface area contributed by atoms with Gasteiger partial charge in [0.05, 0.1) is 5.02 Å². The molecule has 7 heteroatoms. The van der Waals surface area contributed by atoms with Crippen molar-refractivity contribution in [1.29, 1.82) is 0 Å². The van der Waals surface area contributed by atoms with Crippen molar-refractivity contribution in [3.63, 3.8) is 0 Å². The Morgan fingerprint density at radius 2 is 1.67 bits per heavy atom. The van der Waals surface area contributed by atoms with Crippen LogP contribution >= 0.6 is 23.4 Å². The third-order valence-electron chi connectivity index (χ3n) is 4.90. The Balaban J connectivity index is 1.79. The Morgan fingerprint density at radius 1 is 1.07 bits per heavy atom. The summed E-state index contributed by atoms with van der Waals surface area (Å²) in [6.45, 7) is 4.42. The molecule has 1 saturated carbocycles. The minimum absolute atomic E-state index is 0.154. The molecule has 2 nitrogen and oxygen atoms in total. The first-order chi connectivity index (χ1) is 12.8. The lowest BCUT2D eigenvalue weighted by molar-refractivity contribution is 0.102. The number of thioether (sulfide) groups is 1. The fraction of sp³-hybridized carbons (Fsp3) is 0.350. The van der Waals surface area contributed by atoms with Crippen LogP contribution in [0.5, 0.6) is 0 Å². The first-order valence-corrected chi connectivity index (χ1v) is 9.94. The highest BCUT2D eigenvalue weighted by molar-refractivity contribution is 8.00. The highest BCUT2D eigenvalue weighted by Crippen LogP contribution is 2.44. The molecule has 0 heterocycles. The van der Waals surface area contributed by atoms with E-state index >= 15 is 0 Å². The van der Waals surface area contributed by atoms with Crippen molar-refractivity contribution >= 4 is 35.0 Å². The monoisotopic (exact) mass is 413 g/mol. The molecule has 2 atom stereocenters. The molecule has 27 heavy (non-hydrogen) atoms. The van der Waals surface area contributed by atoms with Gasteiger partial charge in [-0.1, -0.05) is 25.4 Å². The van der Waals surface area contributed by atoms with Gasteiger partial charge in [0, 0.05) is 33.5 Å². The number of anilines is 1. The molecule has 0 bridgehead atoms. The fourth-order valence-electron chi connectivity index (χ4n) is 3.36. The molecule has 0 aliphatic heterocycles. The average Bonchev–Trinajstić information content (AvgIpc) is 2.93. The number of amides is 1. The Kier molecular flexibility index (Phi) is 6.06. The van der Waals surface area contributed by atoms with E-state index in [1.807, 2.05) is 0 Å². The van der Waals surface area contributed by atoms with Gasteiger partial charge in [-0.05, 0) is 42.9 Å². The molecule has 1 aliphatic carbocycles. The van der Waals surface area contributed by atoms with Gasteiger partial charge in [0.1, 0.15) is 0 Å². The van der Waals surface area contributed by atoms with E-state index in [0.717, 1.165) is 17.0 Å². The number of halogens is 4. The van der Waals surface area contributed by atoms with Crippen LogP contribution in [0.4, 0.5) is 18.9 Å². The van der Waals surface area contributed by atoms with Crippen molar-refractivity contribution in [3.05, 3.63) is 58.4 Å². The van der Waals surface area contributed by atoms with Gasteiger partial charge in [-0.3, -0.25) is 4.79 Å². The maximum atomic E-state index is 13.3. The standard InChI is InChI=1S/C20H19ClF3NOS/c1-10-3-4-11(2)19(10)27-17-7-12(5-6-14(17)21)20(26)25-13-8-15(22)18(24)16(23)9-13/h5-11,19H,3-4H2,1-2H3,(H,25,26). The fourth-order valence-corrected chi connectivity index (χ4v) is 5.02. The van der Waals surface area contributed by atoms with E-state index in [2.05, 4.69) is 19.2 Å². The summed E-state index contributed by atoms with van der Waals surface area (Å²) >= 11 is 7.96. The van der Waals surface area contributed by atoms with Crippen LogP contribution in [0.25, 0.3) is 0 Å². The quantitative estimate of drug-likeness (QED) is 0.577. The van der Waals surface area contributed by atoms with Crippen LogP contribution in [0.1, 0.15) is 37.0 Å². The van der Waals surface area contributed by atoms with Gasteiger partial charge < -0.3 is 5.32 Å². The summed E-state index contributed by atoms with van der Waals surface area (Å²) in [5, 5.41) is 3.36. The second-order valence-electron chi connectivity index (χ2n) is 6.97. The number of nitrogens with one attached hydrogen (secondary N) is 1. The van der Waals surface area contributed by atoms with E-state index in [9.17, 15) is 18.0 Å². The summed E-state index contributed by atoms with van der Waals surface area (Å²) < 4.78 is 39.7. The van der Waals surface area contributed by atoms with Gasteiger partial charge in [0.25, 0.3) is 5.91 Å². The van der Waals surface area contributed by atoms with Gasteiger partial charge in [-0.15, -0.1) is 11.8 Å². The van der Waals surface area contributed by atoms with Gasteiger partial charge in [0.2, 0.25) is 0 Å². The summed E-state index contributed by atoms with van der Waals surface area (Å²) in [5.74, 6) is -3.72. The third-order valence-corrected chi connectivity index (χ3v) is 7.13. The predicted octanol–water partition coefficient (Wildman–Crippen LogP) is 6.54. The molecule has 1 N–H and O–H groups in total. The molecule has 0 radical (unpaired) electrons. The Labute approximate surface area is 165 Å². The first kappa shape index (κ1) is 20.1. The van der Waals surface area contributed by atoms with Crippen LogP contribution in [-0.4, -0.2) is 11.2 Å². The van der Waals surface area contributed by atoms with Crippen LogP contribution in [-0.2, 0) is 0 Å². The van der Waals surface area contributed by atoms with Gasteiger partial charge in [-0.2, -0.15) is 0 Å². The summed E-state index contributed by atoms with van der Waals surface area (Å²) in [6, 6.07) is 6.33. The molecule has 3 rings (SSSR count). The number of carbonyl (C=O) groups excluding carboxylic acids is 1. The minimum atomic E-state index is -1.57. The minimum Gasteiger partial charge on any atom is -0.322 e. The molecule has 1 amide bonds. The highest BCUT2D eigenvalue weighted by atomic mass is 35.5. The van der Waals surface area contributed by atoms with E-state index in [0.29, 0.717) is 27.7 Å². The smallest absolute Gasteiger partial charge is 0.255 e. The topological polar surface area (TPSA) is 29.1 Å². The molecular weight excluding hydrogens is 395 g/mol. The number of hydrogen-bond acceptors (Lipinski definition) is 2. The van der Waals surface area contributed by atoms with Crippen molar-refractivity contribution in [3.8, 4) is 0 Å². The zero-order valence-electron chi connectivity index (χ0n) is 14.9.